The maximum absolute atomic E-state index is 11.1. The molecule has 6 nitrogen and oxygen atoms in total. The molecule has 3 N–H and O–H groups in total. The summed E-state index contributed by atoms with van der Waals surface area (Å²) >= 11 is 0. The molecule has 2 atom stereocenters. The molecule has 3 heterocycles. The van der Waals surface area contributed by atoms with Gasteiger partial charge in [-0.1, -0.05) is 0 Å². The van der Waals surface area contributed by atoms with Crippen molar-refractivity contribution in [2.45, 2.75) is 63.5 Å². The normalized spacial score (nSPS) is 39.0. The van der Waals surface area contributed by atoms with Crippen LogP contribution in [0.3, 0.4) is 0 Å². The molecule has 157 valence electrons. The van der Waals surface area contributed by atoms with Crippen LogP contribution in [-0.4, -0.2) is 46.0 Å². The molecule has 1 radical (unpaired) electrons. The standard InChI is InChI=1S/C23H30BN4O2/c1-22(2)4-6-30-24-17-12-26-21-16(3-5-25-21)19(17)20(27-28-22)18-14-7-13-8-15(18)11-23(29,9-13)10-14/h3,5,12-15,18,28-29H,4,6-11H2,1-2H3,(H,25,26)/b27-20-. The van der Waals surface area contributed by atoms with E-state index < -0.39 is 5.60 Å². The van der Waals surface area contributed by atoms with Crippen LogP contribution in [-0.2, 0) is 4.65 Å². The predicted molar refractivity (Wildman–Crippen MR) is 118 cm³/mol. The summed E-state index contributed by atoms with van der Waals surface area (Å²) in [7, 11) is 1.87. The second-order valence-electron chi connectivity index (χ2n) is 10.8. The lowest BCUT2D eigenvalue weighted by molar-refractivity contribution is -0.138. The van der Waals surface area contributed by atoms with E-state index in [1.54, 1.807) is 0 Å². The van der Waals surface area contributed by atoms with Crippen LogP contribution in [0.2, 0.25) is 0 Å². The Labute approximate surface area is 178 Å². The molecule has 2 unspecified atom stereocenters. The lowest BCUT2D eigenvalue weighted by Gasteiger charge is -2.58. The van der Waals surface area contributed by atoms with E-state index >= 15 is 0 Å². The summed E-state index contributed by atoms with van der Waals surface area (Å²) in [6.45, 7) is 4.99. The fourth-order valence-corrected chi connectivity index (χ4v) is 6.85. The van der Waals surface area contributed by atoms with Crippen LogP contribution in [0.15, 0.2) is 23.6 Å². The van der Waals surface area contributed by atoms with Crippen molar-refractivity contribution in [3.63, 3.8) is 0 Å². The molecule has 4 aliphatic carbocycles. The van der Waals surface area contributed by atoms with Crippen molar-refractivity contribution >= 4 is 29.7 Å². The third-order valence-electron chi connectivity index (χ3n) is 7.96. The van der Waals surface area contributed by atoms with Gasteiger partial charge in [-0.15, -0.1) is 0 Å². The maximum atomic E-state index is 11.1. The van der Waals surface area contributed by atoms with Gasteiger partial charge in [0, 0.05) is 35.9 Å². The maximum Gasteiger partial charge on any atom is 0.332 e. The number of hydrazone groups is 1. The van der Waals surface area contributed by atoms with Gasteiger partial charge in [0.05, 0.1) is 16.9 Å². The first-order valence-corrected chi connectivity index (χ1v) is 11.4. The number of pyridine rings is 1. The Bertz CT molecular complexity index is 1000. The average molecular weight is 405 g/mol. The fourth-order valence-electron chi connectivity index (χ4n) is 6.85. The molecule has 4 fully saturated rings. The third kappa shape index (κ3) is 3.01. The fraction of sp³-hybridized carbons (Fsp3) is 0.652. The molecule has 0 spiro atoms. The van der Waals surface area contributed by atoms with Crippen molar-refractivity contribution in [1.82, 2.24) is 15.4 Å². The van der Waals surface area contributed by atoms with E-state index in [0.717, 1.165) is 53.5 Å². The summed E-state index contributed by atoms with van der Waals surface area (Å²) in [5, 5.41) is 17.4. The Morgan fingerprint density at radius 3 is 2.77 bits per heavy atom. The van der Waals surface area contributed by atoms with Gasteiger partial charge in [0.1, 0.15) is 5.65 Å². The van der Waals surface area contributed by atoms with Gasteiger partial charge in [0.15, 0.2) is 0 Å². The van der Waals surface area contributed by atoms with Gasteiger partial charge in [-0.2, -0.15) is 5.10 Å². The number of nitrogens with zero attached hydrogens (tertiary/aromatic N) is 2. The van der Waals surface area contributed by atoms with Gasteiger partial charge in [0.2, 0.25) is 0 Å². The minimum atomic E-state index is -0.448. The number of rotatable bonds is 1. The predicted octanol–water partition coefficient (Wildman–Crippen LogP) is 2.49. The molecule has 1 aliphatic heterocycles. The Hall–Kier alpha value is -1.86. The van der Waals surface area contributed by atoms with Crippen LogP contribution in [0.1, 0.15) is 57.9 Å². The van der Waals surface area contributed by atoms with Crippen LogP contribution in [0.25, 0.3) is 11.0 Å². The SMILES string of the molecule is CC1(C)CCO[B]c2cnc3[nH]ccc3c2/C(C2C3CC4CC2CC(O)(C4)C3)=N\N1. The summed E-state index contributed by atoms with van der Waals surface area (Å²) in [5.74, 6) is 2.01. The zero-order valence-electron chi connectivity index (χ0n) is 17.8. The molecule has 2 aromatic heterocycles. The van der Waals surface area contributed by atoms with E-state index in [4.69, 9.17) is 9.76 Å². The molecule has 0 aromatic carbocycles. The Kier molecular flexibility index (Phi) is 4.13. The lowest BCUT2D eigenvalue weighted by Crippen LogP contribution is -2.57. The molecule has 0 amide bonds. The molecular formula is C23H30BN4O2. The highest BCUT2D eigenvalue weighted by Crippen LogP contribution is 2.59. The largest absolute Gasteiger partial charge is 0.434 e. The molecule has 5 aliphatic rings. The van der Waals surface area contributed by atoms with Crippen LogP contribution < -0.4 is 10.9 Å². The number of aromatic nitrogens is 2. The topological polar surface area (TPSA) is 82.5 Å². The first-order chi connectivity index (χ1) is 14.4. The van der Waals surface area contributed by atoms with E-state index in [-0.39, 0.29) is 5.54 Å². The van der Waals surface area contributed by atoms with E-state index in [2.05, 4.69) is 35.3 Å². The monoisotopic (exact) mass is 405 g/mol. The summed E-state index contributed by atoms with van der Waals surface area (Å²) < 4.78 is 5.96. The molecular weight excluding hydrogens is 375 g/mol. The quantitative estimate of drug-likeness (QED) is 0.637. The molecule has 4 saturated carbocycles. The number of hydrogen-bond donors (Lipinski definition) is 3. The Morgan fingerprint density at radius 1 is 1.20 bits per heavy atom. The van der Waals surface area contributed by atoms with Crippen molar-refractivity contribution in [2.24, 2.45) is 28.8 Å². The second kappa shape index (κ2) is 6.57. The zero-order valence-corrected chi connectivity index (χ0v) is 17.8. The van der Waals surface area contributed by atoms with E-state index in [1.165, 1.54) is 12.8 Å². The molecule has 7 rings (SSSR count). The second-order valence-corrected chi connectivity index (χ2v) is 10.8. The number of nitrogens with one attached hydrogen (secondary N) is 2. The summed E-state index contributed by atoms with van der Waals surface area (Å²) in [6, 6.07) is 2.10. The number of hydrogen-bond acceptors (Lipinski definition) is 5. The number of fused-ring (bicyclic) bond motifs is 3. The average Bonchev–Trinajstić information content (AvgIpc) is 3.14. The van der Waals surface area contributed by atoms with Gasteiger partial charge < -0.3 is 20.2 Å². The van der Waals surface area contributed by atoms with E-state index in [9.17, 15) is 5.11 Å². The van der Waals surface area contributed by atoms with Gasteiger partial charge in [-0.25, -0.2) is 4.98 Å². The lowest BCUT2D eigenvalue weighted by atomic mass is 9.49. The first kappa shape index (κ1) is 18.9. The zero-order chi connectivity index (χ0) is 20.5. The van der Waals surface area contributed by atoms with Crippen molar-refractivity contribution in [1.29, 1.82) is 0 Å². The van der Waals surface area contributed by atoms with E-state index in [1.807, 2.05) is 19.9 Å². The minimum absolute atomic E-state index is 0.148. The first-order valence-electron chi connectivity index (χ1n) is 11.4. The molecule has 2 aromatic rings. The van der Waals surface area contributed by atoms with Crippen molar-refractivity contribution in [2.75, 3.05) is 6.61 Å². The van der Waals surface area contributed by atoms with Gasteiger partial charge in [0.25, 0.3) is 0 Å². The smallest absolute Gasteiger partial charge is 0.332 e. The van der Waals surface area contributed by atoms with Gasteiger partial charge in [-0.3, -0.25) is 0 Å². The highest BCUT2D eigenvalue weighted by atomic mass is 16.4. The number of aromatic amines is 1. The molecule has 4 bridgehead atoms. The highest BCUT2D eigenvalue weighted by molar-refractivity contribution is 6.50. The number of aliphatic hydroxyl groups is 1. The van der Waals surface area contributed by atoms with Crippen LogP contribution >= 0.6 is 0 Å². The molecule has 0 saturated heterocycles. The summed E-state index contributed by atoms with van der Waals surface area (Å²) in [6.07, 6.45) is 9.95. The molecule has 7 heteroatoms. The van der Waals surface area contributed by atoms with Crippen LogP contribution in [0, 0.1) is 23.7 Å². The van der Waals surface area contributed by atoms with Gasteiger partial charge in [-0.05, 0) is 81.7 Å². The summed E-state index contributed by atoms with van der Waals surface area (Å²) in [4.78, 5) is 7.87. The van der Waals surface area contributed by atoms with Crippen molar-refractivity contribution in [3.05, 3.63) is 24.0 Å². The Morgan fingerprint density at radius 2 is 2.00 bits per heavy atom. The highest BCUT2D eigenvalue weighted by Gasteiger charge is 2.56. The minimum Gasteiger partial charge on any atom is -0.434 e. The van der Waals surface area contributed by atoms with Crippen LogP contribution in [0.4, 0.5) is 0 Å². The number of H-pyrrole nitrogens is 1. The summed E-state index contributed by atoms with van der Waals surface area (Å²) in [5.41, 5.74) is 7.04. The molecule has 30 heavy (non-hydrogen) atoms. The third-order valence-corrected chi connectivity index (χ3v) is 7.96. The van der Waals surface area contributed by atoms with Crippen molar-refractivity contribution in [3.8, 4) is 0 Å². The Balaban J connectivity index is 1.52. The van der Waals surface area contributed by atoms with Gasteiger partial charge >= 0.3 is 7.48 Å². The van der Waals surface area contributed by atoms with E-state index in [0.29, 0.717) is 30.3 Å². The van der Waals surface area contributed by atoms with Crippen molar-refractivity contribution < 1.29 is 9.76 Å². The van der Waals surface area contributed by atoms with Crippen LogP contribution in [0.5, 0.6) is 0 Å².